The first kappa shape index (κ1) is 60.1. The third-order valence-electron chi connectivity index (χ3n) is 16.0. The monoisotopic (exact) mass is 1820 g/mol. The van der Waals surface area contributed by atoms with Crippen LogP contribution in [0.1, 0.15) is 11.1 Å². The number of thiophene rings is 6. The van der Waals surface area contributed by atoms with Crippen LogP contribution < -0.4 is 22.9 Å². The predicted octanol–water partition coefficient (Wildman–Crippen LogP) is 15.6. The zero-order chi connectivity index (χ0) is 62.9. The molecule has 12 aromatic heterocycles. The Hall–Kier alpha value is -5.56. The fourth-order valence-corrected chi connectivity index (χ4v) is 25.1. The molecule has 0 atom stereocenters. The summed E-state index contributed by atoms with van der Waals surface area (Å²) in [5.41, 5.74) is 44.9. The van der Waals surface area contributed by atoms with Crippen LogP contribution in [0, 0.1) is 25.5 Å². The number of hydrogen-bond donors (Lipinski definition) is 4. The van der Waals surface area contributed by atoms with Crippen LogP contribution in [-0.2, 0) is 0 Å². The van der Waals surface area contributed by atoms with Crippen molar-refractivity contribution in [1.82, 2.24) is 44.2 Å². The summed E-state index contributed by atoms with van der Waals surface area (Å²) < 4.78 is 86.5. The minimum absolute atomic E-state index is 0.0641. The van der Waals surface area contributed by atoms with Gasteiger partial charge in [0.15, 0.2) is 0 Å². The fraction of sp³-hybridized carbons (Fsp3) is 0.0357. The second-order valence-electron chi connectivity index (χ2n) is 20.5. The third kappa shape index (κ3) is 8.53. The third-order valence-corrected chi connectivity index (χ3v) is 28.6. The molecule has 0 amide bonds. The van der Waals surface area contributed by atoms with Crippen molar-refractivity contribution in [1.29, 1.82) is 0 Å². The summed E-state index contributed by atoms with van der Waals surface area (Å²) in [6, 6.07) is 4.19. The number of aryl methyl sites for hydroxylation is 2. The quantitative estimate of drug-likeness (QED) is 0.0940. The van der Waals surface area contributed by atoms with Crippen molar-refractivity contribution < 1.29 is 13.4 Å². The van der Waals surface area contributed by atoms with Gasteiger partial charge in [-0.25, -0.2) is 0 Å². The molecule has 8 N–H and O–H groups in total. The Morgan fingerprint density at radius 3 is 1.40 bits per heavy atom. The van der Waals surface area contributed by atoms with Crippen LogP contribution in [0.15, 0.2) is 75.9 Å². The number of nitrogen functional groups attached to an aromatic ring is 4. The summed E-state index contributed by atoms with van der Waals surface area (Å²) in [6.45, 7) is 4.24. The molecule has 92 heavy (non-hydrogen) atoms. The molecular weight excluding hydrogens is 1790 g/mol. The van der Waals surface area contributed by atoms with Crippen LogP contribution in [0.2, 0.25) is 0 Å². The number of nitrogens with zero attached hydrogens (tertiary/aromatic N) is 14. The molecule has 36 heteroatoms. The number of thiazole rings is 2. The molecule has 0 aliphatic rings. The second kappa shape index (κ2) is 23.1. The molecule has 0 aliphatic carbocycles. The number of anilines is 4. The van der Waals surface area contributed by atoms with Gasteiger partial charge in [-0.3, -0.25) is 0 Å². The maximum atomic E-state index is 14.3. The first-order valence-electron chi connectivity index (χ1n) is 26.3. The van der Waals surface area contributed by atoms with E-state index in [2.05, 4.69) is 159 Å². The zero-order valence-electron chi connectivity index (χ0n) is 45.6. The van der Waals surface area contributed by atoms with Crippen molar-refractivity contribution >= 4 is 413 Å². The van der Waals surface area contributed by atoms with Gasteiger partial charge in [-0.15, -0.1) is 0 Å². The molecule has 19 nitrogen and oxygen atoms in total. The first-order valence-corrected chi connectivity index (χ1v) is 41.0. The van der Waals surface area contributed by atoms with Crippen molar-refractivity contribution in [2.24, 2.45) is 15.8 Å². The Balaban J connectivity index is 0.0000000940. The van der Waals surface area contributed by atoms with E-state index >= 15 is 0 Å². The summed E-state index contributed by atoms with van der Waals surface area (Å²) in [4.78, 5) is 8.78. The van der Waals surface area contributed by atoms with Gasteiger partial charge in [0.25, 0.3) is 0 Å². The molecule has 0 saturated carbocycles. The van der Waals surface area contributed by atoms with E-state index in [9.17, 15) is 8.78 Å². The Kier molecular flexibility index (Phi) is 15.1. The summed E-state index contributed by atoms with van der Waals surface area (Å²) >= 11 is 22.8. The van der Waals surface area contributed by atoms with Crippen LogP contribution in [0.4, 0.5) is 54.3 Å². The van der Waals surface area contributed by atoms with Gasteiger partial charge in [0.2, 0.25) is 0 Å². The molecule has 0 spiro atoms. The number of aromatic nitrogens is 10. The van der Waals surface area contributed by atoms with Crippen molar-refractivity contribution in [2.75, 3.05) is 22.9 Å². The normalized spacial score (nSPS) is 12.0. The summed E-state index contributed by atoms with van der Waals surface area (Å²) in [5.74, 6) is -0.701. The van der Waals surface area contributed by atoms with Gasteiger partial charge in [-0.05, 0) is 0 Å². The number of nitrogens with two attached hydrogens (primary N) is 4. The van der Waals surface area contributed by atoms with E-state index in [1.54, 1.807) is 56.4 Å². The summed E-state index contributed by atoms with van der Waals surface area (Å²) in [6.07, 6.45) is 0. The fourth-order valence-electron chi connectivity index (χ4n) is 12.2. The molecule has 0 saturated heterocycles. The molecule has 0 aliphatic heterocycles. The Labute approximate surface area is 593 Å². The van der Waals surface area contributed by atoms with E-state index in [0.717, 1.165) is 119 Å². The van der Waals surface area contributed by atoms with Crippen LogP contribution in [0.5, 0.6) is 0 Å². The van der Waals surface area contributed by atoms with E-state index in [0.29, 0.717) is 70.4 Å². The Morgan fingerprint density at radius 2 is 0.772 bits per heavy atom. The van der Waals surface area contributed by atoms with Gasteiger partial charge in [-0.2, -0.15) is 0 Å². The number of benzene rings is 8. The molecular formula is C56H24F2N18OS8Se7. The number of rotatable bonds is 4. The predicted molar refractivity (Wildman–Crippen MR) is 388 cm³/mol. The van der Waals surface area contributed by atoms with Gasteiger partial charge >= 0.3 is 601 Å². The second-order valence-corrected chi connectivity index (χ2v) is 32.4. The molecule has 0 radical (unpaired) electrons. The minimum atomic E-state index is -0.371. The van der Waals surface area contributed by atoms with Gasteiger partial charge in [0.1, 0.15) is 0 Å². The van der Waals surface area contributed by atoms with Crippen LogP contribution in [0.3, 0.4) is 0 Å². The molecule has 8 aromatic carbocycles. The van der Waals surface area contributed by atoms with E-state index in [1.165, 1.54) is 91.4 Å². The number of halogens is 2. The molecule has 20 aromatic rings. The molecule has 0 fully saturated rings. The first-order chi connectivity index (χ1) is 44.9. The average Bonchev–Trinajstić information content (AvgIpc) is 1.59. The molecule has 0 bridgehead atoms. The van der Waals surface area contributed by atoms with E-state index < -0.39 is 0 Å². The van der Waals surface area contributed by atoms with Gasteiger partial charge in [0.05, 0.1) is 0 Å². The topological polar surface area (TPSA) is 296 Å². The van der Waals surface area contributed by atoms with Crippen molar-refractivity contribution in [2.45, 2.75) is 13.8 Å². The van der Waals surface area contributed by atoms with E-state index in [1.807, 2.05) is 0 Å². The molecule has 0 unspecified atom stereocenters. The Bertz CT molecular complexity index is 6270. The molecule has 20 rings (SSSR count). The van der Waals surface area contributed by atoms with Gasteiger partial charge < -0.3 is 0 Å². The Morgan fingerprint density at radius 1 is 0.370 bits per heavy atom. The van der Waals surface area contributed by atoms with E-state index in [4.69, 9.17) is 39.5 Å². The standard InChI is InChI=1S/C16H10N4S2Se2.C14H4F2N4S2Se2.C14H6N4S2Se2.C12H4N6OS2Se/c1-5-3-22-16-7(5)12(18-23)11(17)9-10(16)14-13(19-24-20-14)8-6(2)4-21-15(8)9;15-3-1-22-14-5(3)10(18-23)9(17)7-8(14)12-11(19-24-20-12)6-4(16)2-21-13(6)7;15-9-7-8(14-5(1-3-20-14)10(9)16-21)12-11(17-22-18-12)6-2-4-19-13(6)7;13-5-3-4(12-9(7(5)18-22)14-1-21-12)6-8(17-19-16-6)10-11(3)20-2-15-10/h3-4H,17H2,1-2H3;1-2H,17H2;1-4H,15H2;1-2H,13H2. The van der Waals surface area contributed by atoms with Crippen LogP contribution in [-0.4, -0.2) is 152 Å². The molecule has 12 heterocycles. The SMILES string of the molecule is Cc1csc2c1c(N=[Se])c(N)c1c3scc(C)c3c3n[se]nc3c21.Nc1c(N=[Se])c2c(F)csc2c2c3n[se]nc3c3c(F)csc3c12.Nc1c(N=[Se])c2ccsc2c2c3n[se]nc3c3ccsc3c12.Nc1c(N=[Se])c2ncsc2c2c3nonc3c3ncsc3c12. The average molecular weight is 1810 g/mol. The van der Waals surface area contributed by atoms with Crippen molar-refractivity contribution in [3.05, 3.63) is 78.2 Å². The number of fused-ring (bicyclic) bond motifs is 32. The molecule has 448 valence electrons. The summed E-state index contributed by atoms with van der Waals surface area (Å²) in [5, 5.41) is 32.5. The van der Waals surface area contributed by atoms with Crippen LogP contribution in [0.25, 0.3) is 168 Å². The van der Waals surface area contributed by atoms with Crippen LogP contribution >= 0.6 is 90.7 Å². The van der Waals surface area contributed by atoms with Crippen molar-refractivity contribution in [3.63, 3.8) is 0 Å². The van der Waals surface area contributed by atoms with Gasteiger partial charge in [0, 0.05) is 0 Å². The maximum absolute atomic E-state index is 14.3. The zero-order valence-corrected chi connectivity index (χ0v) is 64.2. The van der Waals surface area contributed by atoms with Crippen molar-refractivity contribution in [3.8, 4) is 0 Å². The van der Waals surface area contributed by atoms with E-state index in [-0.39, 0.29) is 56.5 Å². The summed E-state index contributed by atoms with van der Waals surface area (Å²) in [7, 11) is 0. The van der Waals surface area contributed by atoms with Gasteiger partial charge in [-0.1, -0.05) is 0 Å². The number of hydrogen-bond acceptors (Lipinski definition) is 27.